The van der Waals surface area contributed by atoms with E-state index in [-0.39, 0.29) is 0 Å². The molecule has 0 fully saturated rings. The molecule has 0 bridgehead atoms. The number of benzene rings is 8. The standard InChI is InChI=1S/C40H21N3S/c1-4-17-33-24(9-1)27-12-6-13-28(39(27)44-33)38-40(42-30-15-3-2-14-29(30)41-38)43-31-16-7-11-26-25-10-5-8-22-18-19-23-20-21-32(43)37(36(26)31)35(23)34(22)25/h1-21H. The van der Waals surface area contributed by atoms with Crippen LogP contribution in [-0.2, 0) is 0 Å². The lowest BCUT2D eigenvalue weighted by atomic mass is 9.89. The van der Waals surface area contributed by atoms with Crippen LogP contribution in [0.3, 0.4) is 0 Å². The summed E-state index contributed by atoms with van der Waals surface area (Å²) in [5.41, 5.74) is 6.13. The minimum absolute atomic E-state index is 0.864. The number of fused-ring (bicyclic) bond motifs is 5. The first-order chi connectivity index (χ1) is 21.8. The highest BCUT2D eigenvalue weighted by atomic mass is 32.1. The van der Waals surface area contributed by atoms with Crippen LogP contribution in [-0.4, -0.2) is 14.5 Å². The highest BCUT2D eigenvalue weighted by Crippen LogP contribution is 2.48. The second-order valence-corrected chi connectivity index (χ2v) is 12.8. The fraction of sp³-hybridized carbons (Fsp3) is 0. The molecule has 0 aliphatic heterocycles. The van der Waals surface area contributed by atoms with E-state index in [1.165, 1.54) is 63.3 Å². The van der Waals surface area contributed by atoms with Crippen molar-refractivity contribution in [3.63, 3.8) is 0 Å². The van der Waals surface area contributed by atoms with Gasteiger partial charge in [-0.05, 0) is 57.3 Å². The van der Waals surface area contributed by atoms with Crippen LogP contribution in [0.25, 0.3) is 102 Å². The molecular formula is C40H21N3S. The van der Waals surface area contributed by atoms with Gasteiger partial charge in [0.25, 0.3) is 0 Å². The lowest BCUT2D eigenvalue weighted by Gasteiger charge is -2.14. The van der Waals surface area contributed by atoms with Crippen molar-refractivity contribution in [1.29, 1.82) is 0 Å². The first kappa shape index (κ1) is 22.9. The van der Waals surface area contributed by atoms with E-state index >= 15 is 0 Å². The zero-order valence-corrected chi connectivity index (χ0v) is 24.2. The summed E-state index contributed by atoms with van der Waals surface area (Å²) < 4.78 is 4.90. The second-order valence-electron chi connectivity index (χ2n) is 11.7. The molecule has 3 aromatic heterocycles. The van der Waals surface area contributed by atoms with Gasteiger partial charge in [0.2, 0.25) is 0 Å². The van der Waals surface area contributed by atoms with Gasteiger partial charge in [0, 0.05) is 41.9 Å². The summed E-state index contributed by atoms with van der Waals surface area (Å²) in [4.78, 5) is 10.8. The molecule has 0 amide bonds. The van der Waals surface area contributed by atoms with Crippen LogP contribution in [0.1, 0.15) is 0 Å². The van der Waals surface area contributed by atoms with E-state index in [1.54, 1.807) is 0 Å². The van der Waals surface area contributed by atoms with E-state index in [0.717, 1.165) is 39.1 Å². The van der Waals surface area contributed by atoms with Crippen LogP contribution in [0.2, 0.25) is 0 Å². The molecule has 0 aliphatic rings. The summed E-state index contributed by atoms with van der Waals surface area (Å²) in [6.07, 6.45) is 0. The predicted octanol–water partition coefficient (Wildman–Crippen LogP) is 11.1. The van der Waals surface area contributed by atoms with Crippen LogP contribution in [0, 0.1) is 0 Å². The molecule has 0 saturated carbocycles. The Morgan fingerprint density at radius 1 is 0.455 bits per heavy atom. The lowest BCUT2D eigenvalue weighted by Crippen LogP contribution is -2.03. The Morgan fingerprint density at radius 3 is 2.02 bits per heavy atom. The van der Waals surface area contributed by atoms with Gasteiger partial charge >= 0.3 is 0 Å². The van der Waals surface area contributed by atoms with Crippen LogP contribution < -0.4 is 0 Å². The summed E-state index contributed by atoms with van der Waals surface area (Å²) in [5, 5.41) is 12.9. The van der Waals surface area contributed by atoms with Gasteiger partial charge in [-0.25, -0.2) is 9.97 Å². The van der Waals surface area contributed by atoms with Crippen LogP contribution in [0.4, 0.5) is 0 Å². The lowest BCUT2D eigenvalue weighted by molar-refractivity contribution is 1.08. The molecule has 0 unspecified atom stereocenters. The molecular weight excluding hydrogens is 555 g/mol. The van der Waals surface area contributed by atoms with Crippen molar-refractivity contribution in [2.45, 2.75) is 0 Å². The predicted molar refractivity (Wildman–Crippen MR) is 187 cm³/mol. The van der Waals surface area contributed by atoms with Crippen molar-refractivity contribution in [1.82, 2.24) is 14.5 Å². The number of hydrogen-bond donors (Lipinski definition) is 0. The molecule has 0 spiro atoms. The summed E-state index contributed by atoms with van der Waals surface area (Å²) in [7, 11) is 0. The summed E-state index contributed by atoms with van der Waals surface area (Å²) in [5.74, 6) is 0.864. The molecule has 0 atom stereocenters. The number of aromatic nitrogens is 3. The monoisotopic (exact) mass is 575 g/mol. The van der Waals surface area contributed by atoms with Gasteiger partial charge in [-0.15, -0.1) is 11.3 Å². The number of thiophene rings is 1. The smallest absolute Gasteiger partial charge is 0.165 e. The average molecular weight is 576 g/mol. The van der Waals surface area contributed by atoms with E-state index in [4.69, 9.17) is 9.97 Å². The van der Waals surface area contributed by atoms with Gasteiger partial charge in [-0.3, -0.25) is 4.57 Å². The maximum absolute atomic E-state index is 5.43. The zero-order chi connectivity index (χ0) is 28.5. The highest BCUT2D eigenvalue weighted by Gasteiger charge is 2.25. The minimum atomic E-state index is 0.864. The van der Waals surface area contributed by atoms with Gasteiger partial charge in [-0.2, -0.15) is 0 Å². The Kier molecular flexibility index (Phi) is 4.21. The first-order valence-corrected chi connectivity index (χ1v) is 15.7. The van der Waals surface area contributed by atoms with Crippen molar-refractivity contribution < 1.29 is 0 Å². The summed E-state index contributed by atoms with van der Waals surface area (Å²) >= 11 is 1.83. The van der Waals surface area contributed by atoms with Crippen LogP contribution in [0.15, 0.2) is 127 Å². The van der Waals surface area contributed by atoms with Crippen molar-refractivity contribution in [3.05, 3.63) is 127 Å². The molecule has 0 N–H and O–H groups in total. The van der Waals surface area contributed by atoms with Crippen molar-refractivity contribution >= 4 is 96.7 Å². The zero-order valence-electron chi connectivity index (χ0n) is 23.4. The summed E-state index contributed by atoms with van der Waals surface area (Å²) in [6.45, 7) is 0. The maximum atomic E-state index is 5.43. The maximum Gasteiger partial charge on any atom is 0.165 e. The van der Waals surface area contributed by atoms with Gasteiger partial charge in [0.15, 0.2) is 5.82 Å². The van der Waals surface area contributed by atoms with Crippen molar-refractivity contribution in [3.8, 4) is 17.1 Å². The second kappa shape index (κ2) is 8.07. The molecule has 3 nitrogen and oxygen atoms in total. The minimum Gasteiger partial charge on any atom is -0.292 e. The molecule has 44 heavy (non-hydrogen) atoms. The third-order valence-electron chi connectivity index (χ3n) is 9.49. The molecule has 0 saturated heterocycles. The normalized spacial score (nSPS) is 12.5. The molecule has 0 radical (unpaired) electrons. The average Bonchev–Trinajstić information content (AvgIpc) is 3.63. The molecule has 11 aromatic rings. The SMILES string of the molecule is c1ccc2nc(-n3c4cccc5c6cccc7ccc8ccc3c(c8c76)c54)c(-c3cccc4c3sc3ccccc34)nc2c1. The van der Waals surface area contributed by atoms with E-state index in [0.29, 0.717) is 0 Å². The molecule has 202 valence electrons. The summed E-state index contributed by atoms with van der Waals surface area (Å²) in [6, 6.07) is 46.0. The van der Waals surface area contributed by atoms with Crippen LogP contribution in [0.5, 0.6) is 0 Å². The third-order valence-corrected chi connectivity index (χ3v) is 10.7. The number of nitrogens with zero attached hydrogens (tertiary/aromatic N) is 3. The van der Waals surface area contributed by atoms with Gasteiger partial charge < -0.3 is 0 Å². The Hall–Kier alpha value is -5.58. The topological polar surface area (TPSA) is 30.7 Å². The fourth-order valence-corrected chi connectivity index (χ4v) is 8.90. The molecule has 4 heteroatoms. The molecule has 3 heterocycles. The number of rotatable bonds is 2. The van der Waals surface area contributed by atoms with Crippen molar-refractivity contribution in [2.24, 2.45) is 0 Å². The van der Waals surface area contributed by atoms with E-state index < -0.39 is 0 Å². The third kappa shape index (κ3) is 2.77. The van der Waals surface area contributed by atoms with Gasteiger partial charge in [0.1, 0.15) is 5.69 Å². The number of hydrogen-bond acceptors (Lipinski definition) is 3. The molecule has 11 rings (SSSR count). The molecule has 0 aliphatic carbocycles. The van der Waals surface area contributed by atoms with Gasteiger partial charge in [0.05, 0.1) is 22.1 Å². The first-order valence-electron chi connectivity index (χ1n) is 14.9. The Bertz CT molecular complexity index is 2950. The highest BCUT2D eigenvalue weighted by molar-refractivity contribution is 7.26. The van der Waals surface area contributed by atoms with E-state index in [2.05, 4.69) is 120 Å². The van der Waals surface area contributed by atoms with Crippen molar-refractivity contribution in [2.75, 3.05) is 0 Å². The Morgan fingerprint density at radius 2 is 1.11 bits per heavy atom. The van der Waals surface area contributed by atoms with E-state index in [1.807, 2.05) is 23.5 Å². The van der Waals surface area contributed by atoms with E-state index in [9.17, 15) is 0 Å². The van der Waals surface area contributed by atoms with Gasteiger partial charge in [-0.1, -0.05) is 97.1 Å². The number of para-hydroxylation sites is 2. The van der Waals surface area contributed by atoms with Crippen LogP contribution >= 0.6 is 11.3 Å². The Balaban J connectivity index is 1.36. The fourth-order valence-electron chi connectivity index (χ4n) is 7.68. The Labute approximate surface area is 254 Å². The molecule has 8 aromatic carbocycles. The largest absolute Gasteiger partial charge is 0.292 e. The quantitative estimate of drug-likeness (QED) is 0.152.